The fourth-order valence-corrected chi connectivity index (χ4v) is 2.30. The highest BCUT2D eigenvalue weighted by Gasteiger charge is 2.10. The van der Waals surface area contributed by atoms with Crippen molar-refractivity contribution in [1.82, 2.24) is 15.0 Å². The first-order chi connectivity index (χ1) is 10.7. The van der Waals surface area contributed by atoms with Gasteiger partial charge in [0, 0.05) is 36.5 Å². The van der Waals surface area contributed by atoms with Crippen LogP contribution in [0.1, 0.15) is 17.3 Å². The van der Waals surface area contributed by atoms with Crippen LogP contribution in [0.2, 0.25) is 0 Å². The van der Waals surface area contributed by atoms with Crippen LogP contribution in [-0.2, 0) is 6.42 Å². The van der Waals surface area contributed by atoms with Crippen LogP contribution in [0.5, 0.6) is 0 Å². The van der Waals surface area contributed by atoms with Crippen molar-refractivity contribution in [3.05, 3.63) is 82.5 Å². The topological polar surface area (TPSA) is 84.7 Å². The Morgan fingerprint density at radius 3 is 2.68 bits per heavy atom. The third-order valence-electron chi connectivity index (χ3n) is 3.39. The molecule has 3 N–H and O–H groups in total. The van der Waals surface area contributed by atoms with Crippen LogP contribution in [0.4, 0.5) is 0 Å². The van der Waals surface area contributed by atoms with Gasteiger partial charge < -0.3 is 10.7 Å². The highest BCUT2D eigenvalue weighted by atomic mass is 16.1. The Balaban J connectivity index is 1.89. The summed E-state index contributed by atoms with van der Waals surface area (Å²) in [5.41, 5.74) is 8.47. The first-order valence-corrected chi connectivity index (χ1v) is 7.03. The normalized spacial score (nSPS) is 12.0. The molecule has 0 saturated carbocycles. The van der Waals surface area contributed by atoms with E-state index in [1.807, 2.05) is 36.4 Å². The number of benzene rings is 1. The van der Waals surface area contributed by atoms with Crippen LogP contribution in [-0.4, -0.2) is 15.0 Å². The molecule has 1 aromatic carbocycles. The van der Waals surface area contributed by atoms with E-state index in [4.69, 9.17) is 5.73 Å². The number of pyridine rings is 1. The Morgan fingerprint density at radius 1 is 1.14 bits per heavy atom. The van der Waals surface area contributed by atoms with Crippen LogP contribution in [0.25, 0.3) is 11.4 Å². The molecule has 0 saturated heterocycles. The molecule has 0 amide bonds. The van der Waals surface area contributed by atoms with Gasteiger partial charge in [-0.05, 0) is 17.7 Å². The summed E-state index contributed by atoms with van der Waals surface area (Å²) in [5.74, 6) is 0.510. The predicted molar refractivity (Wildman–Crippen MR) is 85.2 cm³/mol. The summed E-state index contributed by atoms with van der Waals surface area (Å²) in [7, 11) is 0. The molecule has 3 aromatic rings. The maximum atomic E-state index is 11.8. The molecule has 110 valence electrons. The van der Waals surface area contributed by atoms with Crippen LogP contribution < -0.4 is 11.3 Å². The van der Waals surface area contributed by atoms with E-state index >= 15 is 0 Å². The maximum Gasteiger partial charge on any atom is 0.251 e. The van der Waals surface area contributed by atoms with Crippen molar-refractivity contribution in [3.63, 3.8) is 0 Å². The number of nitrogens with two attached hydrogens (primary N) is 1. The molecule has 3 rings (SSSR count). The van der Waals surface area contributed by atoms with Crippen molar-refractivity contribution in [1.29, 1.82) is 0 Å². The van der Waals surface area contributed by atoms with E-state index in [1.165, 1.54) is 6.07 Å². The minimum absolute atomic E-state index is 0.191. The Labute approximate surface area is 127 Å². The van der Waals surface area contributed by atoms with Gasteiger partial charge in [-0.15, -0.1) is 0 Å². The van der Waals surface area contributed by atoms with E-state index in [0.29, 0.717) is 17.9 Å². The van der Waals surface area contributed by atoms with E-state index in [9.17, 15) is 4.79 Å². The summed E-state index contributed by atoms with van der Waals surface area (Å²) in [4.78, 5) is 23.1. The highest BCUT2D eigenvalue weighted by Crippen LogP contribution is 2.16. The SMILES string of the molecule is N[C@@H](Cc1cc(=O)[nH]c(-c2cccnc2)n1)c1ccccc1. The van der Waals surface area contributed by atoms with Gasteiger partial charge in [0.25, 0.3) is 5.56 Å². The highest BCUT2D eigenvalue weighted by molar-refractivity contribution is 5.52. The van der Waals surface area contributed by atoms with Crippen molar-refractivity contribution in [3.8, 4) is 11.4 Å². The Morgan fingerprint density at radius 2 is 1.95 bits per heavy atom. The molecule has 2 aromatic heterocycles. The lowest BCUT2D eigenvalue weighted by molar-refractivity contribution is 0.704. The summed E-state index contributed by atoms with van der Waals surface area (Å²) >= 11 is 0. The summed E-state index contributed by atoms with van der Waals surface area (Å²) in [6.07, 6.45) is 3.84. The van der Waals surface area contributed by atoms with E-state index < -0.39 is 0 Å². The summed E-state index contributed by atoms with van der Waals surface area (Å²) in [6, 6.07) is 14.7. The quantitative estimate of drug-likeness (QED) is 0.771. The van der Waals surface area contributed by atoms with Crippen LogP contribution in [0.3, 0.4) is 0 Å². The molecule has 0 unspecified atom stereocenters. The standard InChI is InChI=1S/C17H16N4O/c18-15(12-5-2-1-3-6-12)9-14-10-16(22)21-17(20-14)13-7-4-8-19-11-13/h1-8,10-11,15H,9,18H2,(H,20,21,22)/t15-/m0/s1. The molecular formula is C17H16N4O. The number of rotatable bonds is 4. The van der Waals surface area contributed by atoms with Crippen molar-refractivity contribution in [2.45, 2.75) is 12.5 Å². The zero-order valence-corrected chi connectivity index (χ0v) is 11.9. The van der Waals surface area contributed by atoms with Gasteiger partial charge in [0.2, 0.25) is 0 Å². The molecule has 22 heavy (non-hydrogen) atoms. The molecular weight excluding hydrogens is 276 g/mol. The first kappa shape index (κ1) is 14.2. The summed E-state index contributed by atoms with van der Waals surface area (Å²) in [5, 5.41) is 0. The van der Waals surface area contributed by atoms with Crippen LogP contribution in [0, 0.1) is 0 Å². The van der Waals surface area contributed by atoms with Gasteiger partial charge in [-0.25, -0.2) is 4.98 Å². The fraction of sp³-hybridized carbons (Fsp3) is 0.118. The predicted octanol–water partition coefficient (Wildman–Crippen LogP) is 2.07. The van der Waals surface area contributed by atoms with E-state index in [1.54, 1.807) is 18.5 Å². The summed E-state index contributed by atoms with van der Waals surface area (Å²) < 4.78 is 0. The van der Waals surface area contributed by atoms with Crippen molar-refractivity contribution < 1.29 is 0 Å². The van der Waals surface area contributed by atoms with Gasteiger partial charge in [0.05, 0.1) is 5.69 Å². The zero-order chi connectivity index (χ0) is 15.4. The molecule has 1 atom stereocenters. The number of nitrogens with zero attached hydrogens (tertiary/aromatic N) is 2. The molecule has 0 aliphatic rings. The average Bonchev–Trinajstić information content (AvgIpc) is 2.56. The Hall–Kier alpha value is -2.79. The molecule has 0 radical (unpaired) electrons. The fourth-order valence-electron chi connectivity index (χ4n) is 2.30. The third kappa shape index (κ3) is 3.27. The molecule has 5 nitrogen and oxygen atoms in total. The average molecular weight is 292 g/mol. The van der Waals surface area contributed by atoms with E-state index in [0.717, 1.165) is 11.1 Å². The minimum atomic E-state index is -0.197. The maximum absolute atomic E-state index is 11.8. The van der Waals surface area contributed by atoms with Crippen molar-refractivity contribution >= 4 is 0 Å². The molecule has 2 heterocycles. The molecule has 0 aliphatic heterocycles. The lowest BCUT2D eigenvalue weighted by Crippen LogP contribution is -2.17. The second-order valence-electron chi connectivity index (χ2n) is 5.05. The van der Waals surface area contributed by atoms with Crippen LogP contribution in [0.15, 0.2) is 65.7 Å². The zero-order valence-electron chi connectivity index (χ0n) is 11.9. The Kier molecular flexibility index (Phi) is 4.07. The number of aromatic amines is 1. The molecule has 5 heteroatoms. The van der Waals surface area contributed by atoms with E-state index in [-0.39, 0.29) is 11.6 Å². The number of H-pyrrole nitrogens is 1. The molecule has 0 aliphatic carbocycles. The van der Waals surface area contributed by atoms with E-state index in [2.05, 4.69) is 15.0 Å². The number of hydrogen-bond donors (Lipinski definition) is 2. The van der Waals surface area contributed by atoms with Gasteiger partial charge in [0.1, 0.15) is 5.82 Å². The van der Waals surface area contributed by atoms with Gasteiger partial charge in [-0.3, -0.25) is 9.78 Å². The largest absolute Gasteiger partial charge is 0.324 e. The Bertz CT molecular complexity index is 800. The molecule has 0 bridgehead atoms. The molecule has 0 spiro atoms. The van der Waals surface area contributed by atoms with Crippen molar-refractivity contribution in [2.75, 3.05) is 0 Å². The number of nitrogens with one attached hydrogen (secondary N) is 1. The minimum Gasteiger partial charge on any atom is -0.324 e. The summed E-state index contributed by atoms with van der Waals surface area (Å²) in [6.45, 7) is 0. The molecule has 0 fully saturated rings. The third-order valence-corrected chi connectivity index (χ3v) is 3.39. The van der Waals surface area contributed by atoms with Crippen LogP contribution >= 0.6 is 0 Å². The second kappa shape index (κ2) is 6.32. The number of hydrogen-bond acceptors (Lipinski definition) is 4. The number of aromatic nitrogens is 3. The van der Waals surface area contributed by atoms with Gasteiger partial charge in [-0.2, -0.15) is 0 Å². The van der Waals surface area contributed by atoms with Gasteiger partial charge in [0.15, 0.2) is 0 Å². The van der Waals surface area contributed by atoms with Crippen molar-refractivity contribution in [2.24, 2.45) is 5.73 Å². The lowest BCUT2D eigenvalue weighted by atomic mass is 10.0. The van der Waals surface area contributed by atoms with Gasteiger partial charge in [-0.1, -0.05) is 30.3 Å². The monoisotopic (exact) mass is 292 g/mol. The second-order valence-corrected chi connectivity index (χ2v) is 5.05. The van der Waals surface area contributed by atoms with Gasteiger partial charge >= 0.3 is 0 Å². The first-order valence-electron chi connectivity index (χ1n) is 7.03. The smallest absolute Gasteiger partial charge is 0.251 e. The lowest BCUT2D eigenvalue weighted by Gasteiger charge is -2.12.